The van der Waals surface area contributed by atoms with Crippen LogP contribution in [-0.4, -0.2) is 82.2 Å². The lowest BCUT2D eigenvalue weighted by molar-refractivity contribution is -0.151. The van der Waals surface area contributed by atoms with E-state index >= 15 is 0 Å². The summed E-state index contributed by atoms with van der Waals surface area (Å²) in [5.41, 5.74) is -0.516. The number of likely N-dealkylation sites (tertiary alicyclic amines) is 1. The van der Waals surface area contributed by atoms with Crippen molar-refractivity contribution >= 4 is 23.4 Å². The highest BCUT2D eigenvalue weighted by Gasteiger charge is 2.72. The lowest BCUT2D eigenvalue weighted by atomic mass is 9.77. The van der Waals surface area contributed by atoms with Crippen molar-refractivity contribution in [3.05, 3.63) is 54.6 Å². The van der Waals surface area contributed by atoms with Crippen LogP contribution in [0.5, 0.6) is 0 Å². The number of rotatable bonds is 5. The van der Waals surface area contributed by atoms with E-state index in [2.05, 4.69) is 0 Å². The van der Waals surface area contributed by atoms with Crippen LogP contribution in [0.1, 0.15) is 27.2 Å². The molecule has 186 valence electrons. The Morgan fingerprint density at radius 1 is 1.06 bits per heavy atom. The molecule has 4 heterocycles. The third-order valence-electron chi connectivity index (χ3n) is 7.89. The zero-order valence-corrected chi connectivity index (χ0v) is 20.4. The molecule has 0 saturated carbocycles. The number of nitrogens with zero attached hydrogens (tertiary/aromatic N) is 3. The van der Waals surface area contributed by atoms with E-state index in [1.165, 1.54) is 4.90 Å². The molecule has 2 fully saturated rings. The van der Waals surface area contributed by atoms with Crippen molar-refractivity contribution in [1.29, 1.82) is 0 Å². The predicted molar refractivity (Wildman–Crippen MR) is 130 cm³/mol. The van der Waals surface area contributed by atoms with Gasteiger partial charge in [-0.1, -0.05) is 49.4 Å². The van der Waals surface area contributed by atoms with Gasteiger partial charge in [0, 0.05) is 24.8 Å². The Morgan fingerprint density at radius 3 is 2.46 bits per heavy atom. The van der Waals surface area contributed by atoms with Crippen LogP contribution in [0.3, 0.4) is 0 Å². The third kappa shape index (κ3) is 3.45. The van der Waals surface area contributed by atoms with Gasteiger partial charge in [0.2, 0.25) is 17.7 Å². The van der Waals surface area contributed by atoms with Gasteiger partial charge in [0.15, 0.2) is 0 Å². The molecule has 0 radical (unpaired) electrons. The molecule has 35 heavy (non-hydrogen) atoms. The van der Waals surface area contributed by atoms with Crippen molar-refractivity contribution in [2.24, 2.45) is 11.8 Å². The Kier molecular flexibility index (Phi) is 6.05. The molecule has 0 bridgehead atoms. The summed E-state index contributed by atoms with van der Waals surface area (Å²) in [5, 5.41) is 10.1. The van der Waals surface area contributed by atoms with Gasteiger partial charge in [-0.05, 0) is 32.4 Å². The first kappa shape index (κ1) is 23.8. The first-order valence-corrected chi connectivity index (χ1v) is 12.5. The van der Waals surface area contributed by atoms with Crippen molar-refractivity contribution < 1.29 is 24.2 Å². The largest absolute Gasteiger partial charge is 0.394 e. The van der Waals surface area contributed by atoms with E-state index in [0.29, 0.717) is 19.5 Å². The van der Waals surface area contributed by atoms with Crippen LogP contribution in [0.4, 0.5) is 5.69 Å². The van der Waals surface area contributed by atoms with Crippen LogP contribution >= 0.6 is 0 Å². The molecule has 5 rings (SSSR count). The summed E-state index contributed by atoms with van der Waals surface area (Å²) in [4.78, 5) is 47.0. The molecule has 0 aromatic heterocycles. The topological polar surface area (TPSA) is 90.4 Å². The highest BCUT2D eigenvalue weighted by Crippen LogP contribution is 2.54. The molecule has 1 aromatic rings. The number of aliphatic hydroxyl groups is 1. The minimum Gasteiger partial charge on any atom is -0.394 e. The van der Waals surface area contributed by atoms with Crippen molar-refractivity contribution in [3.8, 4) is 0 Å². The molecule has 1 spiro atoms. The number of amides is 3. The van der Waals surface area contributed by atoms with E-state index in [9.17, 15) is 19.5 Å². The molecule has 1 N–H and O–H groups in total. The fourth-order valence-electron chi connectivity index (χ4n) is 6.21. The Hall–Kier alpha value is -2.97. The lowest BCUT2D eigenvalue weighted by Gasteiger charge is -2.39. The van der Waals surface area contributed by atoms with E-state index in [4.69, 9.17) is 4.74 Å². The van der Waals surface area contributed by atoms with E-state index in [1.54, 1.807) is 9.80 Å². The van der Waals surface area contributed by atoms with E-state index < -0.39 is 35.6 Å². The SMILES string of the molecule is CC[C@@H](CO)N1C(=O)[C@@H]2[C@@H]3C(=O)N(c4ccccc4)CC=C[C@@H]3O[C@@]23C=CCN(C(C)C)C(=O)C13. The molecule has 4 aliphatic heterocycles. The minimum atomic E-state index is -1.27. The smallest absolute Gasteiger partial charge is 0.249 e. The number of ether oxygens (including phenoxy) is 1. The fourth-order valence-corrected chi connectivity index (χ4v) is 6.21. The van der Waals surface area contributed by atoms with E-state index in [1.807, 2.05) is 75.4 Å². The predicted octanol–water partition coefficient (Wildman–Crippen LogP) is 1.75. The third-order valence-corrected chi connectivity index (χ3v) is 7.89. The Bertz CT molecular complexity index is 1070. The van der Waals surface area contributed by atoms with Gasteiger partial charge in [-0.25, -0.2) is 0 Å². The summed E-state index contributed by atoms with van der Waals surface area (Å²) in [6, 6.07) is 7.84. The average molecular weight is 480 g/mol. The molecule has 8 heteroatoms. The molecule has 3 amide bonds. The Morgan fingerprint density at radius 2 is 1.80 bits per heavy atom. The number of anilines is 1. The van der Waals surface area contributed by atoms with Crippen LogP contribution in [0.25, 0.3) is 0 Å². The van der Waals surface area contributed by atoms with Crippen molar-refractivity contribution in [2.75, 3.05) is 24.6 Å². The highest BCUT2D eigenvalue weighted by molar-refractivity contribution is 6.04. The average Bonchev–Trinajstić information content (AvgIpc) is 3.16. The summed E-state index contributed by atoms with van der Waals surface area (Å²) in [6.45, 7) is 6.28. The molecular weight excluding hydrogens is 446 g/mol. The number of carbonyl (C=O) groups is 3. The summed E-state index contributed by atoms with van der Waals surface area (Å²) in [6.07, 6.45) is 7.35. The second kappa shape index (κ2) is 8.91. The molecule has 6 atom stereocenters. The van der Waals surface area contributed by atoms with Gasteiger partial charge in [0.1, 0.15) is 11.6 Å². The number of fused-ring (bicyclic) bond motifs is 2. The number of hydrogen-bond acceptors (Lipinski definition) is 5. The molecule has 1 unspecified atom stereocenters. The van der Waals surface area contributed by atoms with Crippen molar-refractivity contribution in [1.82, 2.24) is 9.80 Å². The molecular formula is C27H33N3O5. The minimum absolute atomic E-state index is 0.0746. The molecule has 4 aliphatic rings. The van der Waals surface area contributed by atoms with E-state index in [0.717, 1.165) is 5.69 Å². The maximum atomic E-state index is 14.1. The number of aliphatic hydroxyl groups excluding tert-OH is 1. The van der Waals surface area contributed by atoms with Crippen LogP contribution < -0.4 is 4.90 Å². The monoisotopic (exact) mass is 479 g/mol. The van der Waals surface area contributed by atoms with Gasteiger partial charge in [-0.3, -0.25) is 14.4 Å². The molecule has 8 nitrogen and oxygen atoms in total. The zero-order chi connectivity index (χ0) is 24.9. The molecule has 2 saturated heterocycles. The summed E-state index contributed by atoms with van der Waals surface area (Å²) in [7, 11) is 0. The van der Waals surface area contributed by atoms with Crippen molar-refractivity contribution in [2.45, 2.75) is 57.0 Å². The van der Waals surface area contributed by atoms with E-state index in [-0.39, 0.29) is 30.4 Å². The number of carbonyl (C=O) groups excluding carboxylic acids is 3. The van der Waals surface area contributed by atoms with Gasteiger partial charge in [-0.2, -0.15) is 0 Å². The van der Waals surface area contributed by atoms with Gasteiger partial charge in [0.25, 0.3) is 0 Å². The van der Waals surface area contributed by atoms with Crippen LogP contribution in [-0.2, 0) is 19.1 Å². The number of benzene rings is 1. The standard InChI is InChI=1S/C27H33N3O5/c1-4-18(16-31)30-23-26(34)28(17(2)3)15-9-13-27(23)22(25(30)33)21-20(35-27)12-8-14-29(24(21)32)19-10-6-5-7-11-19/h5-13,17-18,20-23,31H,4,14-16H2,1-3H3/t18-,20-,21+,22-,23?,27-/m0/s1. The van der Waals surface area contributed by atoms with Gasteiger partial charge >= 0.3 is 0 Å². The second-order valence-corrected chi connectivity index (χ2v) is 10.0. The second-order valence-electron chi connectivity index (χ2n) is 10.0. The zero-order valence-electron chi connectivity index (χ0n) is 20.4. The quantitative estimate of drug-likeness (QED) is 0.650. The van der Waals surface area contributed by atoms with Crippen LogP contribution in [0.15, 0.2) is 54.6 Å². The Labute approximate surface area is 205 Å². The Balaban J connectivity index is 1.63. The first-order valence-electron chi connectivity index (χ1n) is 12.5. The number of hydrogen-bond donors (Lipinski definition) is 1. The molecule has 1 aromatic carbocycles. The fraction of sp³-hybridized carbons (Fsp3) is 0.519. The summed E-state index contributed by atoms with van der Waals surface area (Å²) in [5.74, 6) is -2.32. The first-order chi connectivity index (χ1) is 16.9. The lowest BCUT2D eigenvalue weighted by Crippen LogP contribution is -2.58. The molecule has 0 aliphatic carbocycles. The maximum absolute atomic E-state index is 14.1. The van der Waals surface area contributed by atoms with Crippen molar-refractivity contribution in [3.63, 3.8) is 0 Å². The van der Waals surface area contributed by atoms with Crippen LogP contribution in [0, 0.1) is 11.8 Å². The van der Waals surface area contributed by atoms with Gasteiger partial charge in [-0.15, -0.1) is 0 Å². The summed E-state index contributed by atoms with van der Waals surface area (Å²) < 4.78 is 6.62. The summed E-state index contributed by atoms with van der Waals surface area (Å²) >= 11 is 0. The maximum Gasteiger partial charge on any atom is 0.249 e. The van der Waals surface area contributed by atoms with Gasteiger partial charge < -0.3 is 24.5 Å². The van der Waals surface area contributed by atoms with Gasteiger partial charge in [0.05, 0.1) is 30.6 Å². The highest BCUT2D eigenvalue weighted by atomic mass is 16.5. The number of para-hydroxylation sites is 1. The normalized spacial score (nSPS) is 33.1. The van der Waals surface area contributed by atoms with Crippen LogP contribution in [0.2, 0.25) is 0 Å².